The Morgan fingerprint density at radius 2 is 2.00 bits per heavy atom. The molecule has 2 heterocycles. The van der Waals surface area contributed by atoms with Gasteiger partial charge in [0.2, 0.25) is 12.1 Å². The van der Waals surface area contributed by atoms with Crippen LogP contribution < -0.4 is 0 Å². The monoisotopic (exact) mass is 351 g/mol. The molecule has 6 heteroatoms. The second kappa shape index (κ2) is 7.70. The van der Waals surface area contributed by atoms with Gasteiger partial charge in [-0.1, -0.05) is 30.3 Å². The molecule has 25 heavy (non-hydrogen) atoms. The van der Waals surface area contributed by atoms with Gasteiger partial charge in [-0.25, -0.2) is 0 Å². The van der Waals surface area contributed by atoms with E-state index >= 15 is 0 Å². The van der Waals surface area contributed by atoms with Crippen LogP contribution in [0, 0.1) is 5.92 Å². The normalized spacial score (nSPS) is 37.5. The van der Waals surface area contributed by atoms with E-state index in [9.17, 15) is 5.11 Å². The number of hydrogen-bond acceptors (Lipinski definition) is 6. The highest BCUT2D eigenvalue weighted by Gasteiger charge is 2.53. The van der Waals surface area contributed by atoms with Gasteiger partial charge in [-0.05, 0) is 19.4 Å². The summed E-state index contributed by atoms with van der Waals surface area (Å²) in [5.74, 6) is -1.02. The van der Waals surface area contributed by atoms with E-state index in [-0.39, 0.29) is 18.1 Å². The largest absolute Gasteiger partial charge is 0.393 e. The van der Waals surface area contributed by atoms with E-state index in [2.05, 4.69) is 17.0 Å². The van der Waals surface area contributed by atoms with Gasteiger partial charge >= 0.3 is 0 Å². The molecule has 2 aliphatic heterocycles. The van der Waals surface area contributed by atoms with Crippen molar-refractivity contribution in [3.63, 3.8) is 0 Å². The summed E-state index contributed by atoms with van der Waals surface area (Å²) >= 11 is 0. The predicted molar refractivity (Wildman–Crippen MR) is 92.8 cm³/mol. The Bertz CT molecular complexity index is 554. The minimum Gasteiger partial charge on any atom is -0.393 e. The predicted octanol–water partition coefficient (Wildman–Crippen LogP) is 1.62. The summed E-state index contributed by atoms with van der Waals surface area (Å²) in [6.07, 6.45) is -1.53. The maximum Gasteiger partial charge on any atom is 0.217 e. The second-order valence-corrected chi connectivity index (χ2v) is 7.13. The minimum atomic E-state index is -0.963. The third-order valence-electron chi connectivity index (χ3n) is 5.28. The first-order valence-electron chi connectivity index (χ1n) is 8.82. The number of methoxy groups -OCH3 is 2. The summed E-state index contributed by atoms with van der Waals surface area (Å²) in [7, 11) is 3.17. The van der Waals surface area contributed by atoms with E-state index < -0.39 is 18.2 Å². The van der Waals surface area contributed by atoms with Gasteiger partial charge < -0.3 is 24.1 Å². The van der Waals surface area contributed by atoms with Crippen LogP contribution in [-0.2, 0) is 25.5 Å². The molecule has 6 atom stereocenters. The molecule has 0 saturated carbocycles. The molecule has 0 amide bonds. The van der Waals surface area contributed by atoms with Gasteiger partial charge in [0.15, 0.2) is 0 Å². The lowest BCUT2D eigenvalue weighted by molar-refractivity contribution is -0.414. The first-order valence-corrected chi connectivity index (χ1v) is 8.82. The summed E-state index contributed by atoms with van der Waals surface area (Å²) in [4.78, 5) is 2.31. The fraction of sp³-hybridized carbons (Fsp3) is 0.684. The van der Waals surface area contributed by atoms with Gasteiger partial charge in [-0.2, -0.15) is 0 Å². The molecule has 1 aromatic carbocycles. The molecule has 6 nitrogen and oxygen atoms in total. The number of nitrogens with zero attached hydrogens (tertiary/aromatic N) is 1. The smallest absolute Gasteiger partial charge is 0.217 e. The van der Waals surface area contributed by atoms with Crippen molar-refractivity contribution in [3.05, 3.63) is 35.9 Å². The van der Waals surface area contributed by atoms with Crippen LogP contribution in [0.5, 0.6) is 0 Å². The molecule has 140 valence electrons. The van der Waals surface area contributed by atoms with Crippen LogP contribution in [0.4, 0.5) is 0 Å². The Kier molecular flexibility index (Phi) is 5.78. The van der Waals surface area contributed by atoms with Gasteiger partial charge in [-0.15, -0.1) is 0 Å². The van der Waals surface area contributed by atoms with Crippen molar-refractivity contribution in [2.75, 3.05) is 27.3 Å². The minimum absolute atomic E-state index is 0.0541. The van der Waals surface area contributed by atoms with E-state index in [4.69, 9.17) is 18.9 Å². The second-order valence-electron chi connectivity index (χ2n) is 7.13. The highest BCUT2D eigenvalue weighted by atomic mass is 16.8. The third-order valence-corrected chi connectivity index (χ3v) is 5.28. The number of rotatable bonds is 5. The summed E-state index contributed by atoms with van der Waals surface area (Å²) in [6, 6.07) is 10.3. The van der Waals surface area contributed by atoms with Gasteiger partial charge in [0.25, 0.3) is 0 Å². The molecule has 0 spiro atoms. The summed E-state index contributed by atoms with van der Waals surface area (Å²) in [5.41, 5.74) is 1.24. The highest BCUT2D eigenvalue weighted by molar-refractivity contribution is 5.15. The van der Waals surface area contributed by atoms with Crippen molar-refractivity contribution in [1.29, 1.82) is 0 Å². The molecule has 1 aromatic rings. The topological polar surface area (TPSA) is 60.4 Å². The molecule has 0 bridgehead atoms. The van der Waals surface area contributed by atoms with Crippen LogP contribution in [-0.4, -0.2) is 67.7 Å². The SMILES string of the molecule is CO[C@H]1O[C@@H]2[C@@H]([C@@H](C)O)CN(Cc3ccccc3)C[C@H]2O[C@]1(C)OC. The molecule has 2 saturated heterocycles. The first kappa shape index (κ1) is 18.8. The average molecular weight is 351 g/mol. The Morgan fingerprint density at radius 3 is 2.60 bits per heavy atom. The van der Waals surface area contributed by atoms with Crippen molar-refractivity contribution >= 4 is 0 Å². The van der Waals surface area contributed by atoms with Crippen LogP contribution in [0.2, 0.25) is 0 Å². The molecule has 1 N–H and O–H groups in total. The zero-order valence-electron chi connectivity index (χ0n) is 15.4. The zero-order chi connectivity index (χ0) is 18.0. The fourth-order valence-corrected chi connectivity index (χ4v) is 3.84. The van der Waals surface area contributed by atoms with Gasteiger partial charge in [-0.3, -0.25) is 4.90 Å². The molecular weight excluding hydrogens is 322 g/mol. The van der Waals surface area contributed by atoms with Crippen LogP contribution in [0.25, 0.3) is 0 Å². The Labute approximate surface area is 149 Å². The summed E-state index contributed by atoms with van der Waals surface area (Å²) < 4.78 is 23.4. The number of aliphatic hydroxyl groups is 1. The Morgan fingerprint density at radius 1 is 1.28 bits per heavy atom. The number of likely N-dealkylation sites (tertiary alicyclic amines) is 1. The number of aliphatic hydroxyl groups excluding tert-OH is 1. The fourth-order valence-electron chi connectivity index (χ4n) is 3.84. The average Bonchev–Trinajstić information content (AvgIpc) is 2.61. The van der Waals surface area contributed by atoms with Crippen LogP contribution in [0.3, 0.4) is 0 Å². The lowest BCUT2D eigenvalue weighted by Crippen LogP contribution is -2.66. The van der Waals surface area contributed by atoms with E-state index in [0.29, 0.717) is 0 Å². The summed E-state index contributed by atoms with van der Waals surface area (Å²) in [6.45, 7) is 5.91. The van der Waals surface area contributed by atoms with E-state index in [1.165, 1.54) is 5.56 Å². The van der Waals surface area contributed by atoms with Crippen molar-refractivity contribution in [2.45, 2.75) is 50.8 Å². The van der Waals surface area contributed by atoms with Crippen molar-refractivity contribution in [2.24, 2.45) is 5.92 Å². The van der Waals surface area contributed by atoms with Gasteiger partial charge in [0.1, 0.15) is 6.10 Å². The molecular formula is C19H29NO5. The van der Waals surface area contributed by atoms with Gasteiger partial charge in [0, 0.05) is 39.8 Å². The lowest BCUT2D eigenvalue weighted by atomic mass is 9.87. The Balaban J connectivity index is 1.78. The molecule has 0 aromatic heterocycles. The number of benzene rings is 1. The van der Waals surface area contributed by atoms with Crippen molar-refractivity contribution in [1.82, 2.24) is 4.90 Å². The third kappa shape index (κ3) is 3.89. The maximum absolute atomic E-state index is 10.3. The highest BCUT2D eigenvalue weighted by Crippen LogP contribution is 2.37. The first-order chi connectivity index (χ1) is 12.0. The van der Waals surface area contributed by atoms with Crippen molar-refractivity contribution < 1.29 is 24.1 Å². The van der Waals surface area contributed by atoms with Crippen LogP contribution in [0.15, 0.2) is 30.3 Å². The molecule has 3 rings (SSSR count). The lowest BCUT2D eigenvalue weighted by Gasteiger charge is -2.52. The quantitative estimate of drug-likeness (QED) is 0.870. The zero-order valence-corrected chi connectivity index (χ0v) is 15.4. The number of hydrogen-bond donors (Lipinski definition) is 1. The summed E-state index contributed by atoms with van der Waals surface area (Å²) in [5, 5.41) is 10.3. The van der Waals surface area contributed by atoms with Crippen molar-refractivity contribution in [3.8, 4) is 0 Å². The maximum atomic E-state index is 10.3. The molecule has 0 aliphatic carbocycles. The molecule has 2 fully saturated rings. The Hall–Kier alpha value is -1.02. The number of piperidine rings is 1. The number of ether oxygens (including phenoxy) is 4. The molecule has 2 aliphatic rings. The van der Waals surface area contributed by atoms with E-state index in [0.717, 1.165) is 19.6 Å². The van der Waals surface area contributed by atoms with Crippen LogP contribution >= 0.6 is 0 Å². The number of fused-ring (bicyclic) bond motifs is 1. The molecule has 0 unspecified atom stereocenters. The standard InChI is InChI=1S/C19H29NO5/c1-13(21)15-11-20(10-14-8-6-5-7-9-14)12-16-17(15)24-18(22-3)19(2,23-4)25-16/h5-9,13,15-18,21H,10-12H2,1-4H3/t13-,15-,16-,17-,18+,19+/m1/s1. The van der Waals surface area contributed by atoms with E-state index in [1.54, 1.807) is 14.2 Å². The van der Waals surface area contributed by atoms with Gasteiger partial charge in [0.05, 0.1) is 12.2 Å². The molecule has 0 radical (unpaired) electrons. The van der Waals surface area contributed by atoms with E-state index in [1.807, 2.05) is 32.0 Å². The van der Waals surface area contributed by atoms with Crippen LogP contribution in [0.1, 0.15) is 19.4 Å².